The Balaban J connectivity index is 1.70. The third-order valence-corrected chi connectivity index (χ3v) is 3.59. The van der Waals surface area contributed by atoms with Crippen LogP contribution in [0.25, 0.3) is 0 Å². The molecule has 5 nitrogen and oxygen atoms in total. The second-order valence-electron chi connectivity index (χ2n) is 5.21. The van der Waals surface area contributed by atoms with Gasteiger partial charge < -0.3 is 10.2 Å². The summed E-state index contributed by atoms with van der Waals surface area (Å²) in [5, 5.41) is 2.92. The Labute approximate surface area is 131 Å². The summed E-state index contributed by atoms with van der Waals surface area (Å²) < 4.78 is 0. The first kappa shape index (κ1) is 16.1. The van der Waals surface area contributed by atoms with Crippen LogP contribution >= 0.6 is 0 Å². The zero-order valence-electron chi connectivity index (χ0n) is 12.8. The number of carbonyl (C=O) groups is 2. The van der Waals surface area contributed by atoms with E-state index in [1.165, 1.54) is 0 Å². The Morgan fingerprint density at radius 3 is 2.45 bits per heavy atom. The molecule has 0 aliphatic carbocycles. The minimum absolute atomic E-state index is 0.0111. The minimum atomic E-state index is -0.129. The van der Waals surface area contributed by atoms with Crippen molar-refractivity contribution in [2.45, 2.75) is 13.5 Å². The Hall–Kier alpha value is -2.32. The monoisotopic (exact) mass is 299 g/mol. The predicted octanol–water partition coefficient (Wildman–Crippen LogP) is 0.470. The van der Waals surface area contributed by atoms with Crippen molar-refractivity contribution in [3.8, 4) is 11.8 Å². The lowest BCUT2D eigenvalue weighted by atomic mass is 10.2. The van der Waals surface area contributed by atoms with Crippen LogP contribution in [0.2, 0.25) is 0 Å². The van der Waals surface area contributed by atoms with Gasteiger partial charge in [-0.05, 0) is 18.4 Å². The summed E-state index contributed by atoms with van der Waals surface area (Å²) in [4.78, 5) is 27.4. The smallest absolute Gasteiger partial charge is 0.298 e. The summed E-state index contributed by atoms with van der Waals surface area (Å²) >= 11 is 0. The van der Waals surface area contributed by atoms with Gasteiger partial charge in [0, 0.05) is 32.7 Å². The molecule has 0 saturated carbocycles. The topological polar surface area (TPSA) is 52.7 Å². The summed E-state index contributed by atoms with van der Waals surface area (Å²) in [6, 6.07) is 9.84. The highest BCUT2D eigenvalue weighted by molar-refractivity contribution is 5.93. The molecule has 5 heteroatoms. The first-order valence-corrected chi connectivity index (χ1v) is 7.43. The minimum Gasteiger partial charge on any atom is -0.351 e. The quantitative estimate of drug-likeness (QED) is 0.822. The number of nitrogens with zero attached hydrogens (tertiary/aromatic N) is 2. The van der Waals surface area contributed by atoms with Crippen LogP contribution in [-0.4, -0.2) is 54.3 Å². The molecular formula is C17H21N3O2. The van der Waals surface area contributed by atoms with Crippen LogP contribution in [0.15, 0.2) is 30.3 Å². The molecule has 1 heterocycles. The molecule has 1 saturated heterocycles. The third-order valence-electron chi connectivity index (χ3n) is 3.59. The lowest BCUT2D eigenvalue weighted by Crippen LogP contribution is -2.50. The lowest BCUT2D eigenvalue weighted by molar-refractivity contribution is -0.127. The molecular weight excluding hydrogens is 278 g/mol. The number of nitrogens with one attached hydrogen (secondary N) is 1. The normalized spacial score (nSPS) is 14.9. The van der Waals surface area contributed by atoms with E-state index >= 15 is 0 Å². The molecule has 2 rings (SSSR count). The number of benzene rings is 1. The van der Waals surface area contributed by atoms with Gasteiger partial charge in [-0.3, -0.25) is 14.5 Å². The number of carbonyl (C=O) groups excluding carboxylic acids is 2. The Kier molecular flexibility index (Phi) is 5.99. The molecule has 0 radical (unpaired) electrons. The maximum absolute atomic E-state index is 11.9. The molecule has 1 aliphatic rings. The summed E-state index contributed by atoms with van der Waals surface area (Å²) in [6.07, 6.45) is 0. The molecule has 0 unspecified atom stereocenters. The number of rotatable bonds is 4. The van der Waals surface area contributed by atoms with E-state index in [1.807, 2.05) is 30.3 Å². The SMILES string of the molecule is CC#CC(=O)N1CCN(CC(=O)NCc2ccccc2)CC1. The average molecular weight is 299 g/mol. The van der Waals surface area contributed by atoms with Gasteiger partial charge in [0.25, 0.3) is 5.91 Å². The van der Waals surface area contributed by atoms with E-state index in [-0.39, 0.29) is 11.8 Å². The summed E-state index contributed by atoms with van der Waals surface area (Å²) in [5.74, 6) is 5.05. The molecule has 1 N–H and O–H groups in total. The van der Waals surface area contributed by atoms with Crippen LogP contribution in [0.5, 0.6) is 0 Å². The van der Waals surface area contributed by atoms with Gasteiger partial charge in [0.2, 0.25) is 5.91 Å². The number of hydrogen-bond acceptors (Lipinski definition) is 3. The molecule has 0 atom stereocenters. The Morgan fingerprint density at radius 2 is 1.82 bits per heavy atom. The highest BCUT2D eigenvalue weighted by Gasteiger charge is 2.21. The molecule has 1 aromatic rings. The molecule has 0 spiro atoms. The van der Waals surface area contributed by atoms with Crippen LogP contribution in [0.3, 0.4) is 0 Å². The van der Waals surface area contributed by atoms with Crippen LogP contribution in [-0.2, 0) is 16.1 Å². The number of piperazine rings is 1. The van der Waals surface area contributed by atoms with E-state index < -0.39 is 0 Å². The van der Waals surface area contributed by atoms with E-state index in [0.29, 0.717) is 39.3 Å². The van der Waals surface area contributed by atoms with E-state index in [0.717, 1.165) is 5.56 Å². The largest absolute Gasteiger partial charge is 0.351 e. The first-order chi connectivity index (χ1) is 10.7. The Morgan fingerprint density at radius 1 is 1.14 bits per heavy atom. The van der Waals surface area contributed by atoms with Crippen molar-refractivity contribution >= 4 is 11.8 Å². The van der Waals surface area contributed by atoms with Crippen molar-refractivity contribution in [1.29, 1.82) is 0 Å². The molecule has 2 amide bonds. The van der Waals surface area contributed by atoms with Gasteiger partial charge in [-0.15, -0.1) is 0 Å². The Bertz CT molecular complexity index is 567. The fourth-order valence-corrected chi connectivity index (χ4v) is 2.35. The zero-order valence-corrected chi connectivity index (χ0v) is 12.8. The van der Waals surface area contributed by atoms with Gasteiger partial charge in [0.1, 0.15) is 0 Å². The third kappa shape index (κ3) is 4.90. The molecule has 0 aromatic heterocycles. The predicted molar refractivity (Wildman–Crippen MR) is 84.8 cm³/mol. The summed E-state index contributed by atoms with van der Waals surface area (Å²) in [6.45, 7) is 5.23. The summed E-state index contributed by atoms with van der Waals surface area (Å²) in [7, 11) is 0. The highest BCUT2D eigenvalue weighted by Crippen LogP contribution is 2.02. The van der Waals surface area contributed by atoms with Gasteiger partial charge in [-0.1, -0.05) is 36.3 Å². The van der Waals surface area contributed by atoms with E-state index in [1.54, 1.807) is 11.8 Å². The maximum Gasteiger partial charge on any atom is 0.298 e. The highest BCUT2D eigenvalue weighted by atomic mass is 16.2. The maximum atomic E-state index is 11.9. The van der Waals surface area contributed by atoms with E-state index in [9.17, 15) is 9.59 Å². The fraction of sp³-hybridized carbons (Fsp3) is 0.412. The average Bonchev–Trinajstić information content (AvgIpc) is 2.55. The number of hydrogen-bond donors (Lipinski definition) is 1. The van der Waals surface area contributed by atoms with E-state index in [4.69, 9.17) is 0 Å². The fourth-order valence-electron chi connectivity index (χ4n) is 2.35. The van der Waals surface area contributed by atoms with Gasteiger partial charge in [0.15, 0.2) is 0 Å². The molecule has 1 fully saturated rings. The van der Waals surface area contributed by atoms with Crippen molar-refractivity contribution in [1.82, 2.24) is 15.1 Å². The van der Waals surface area contributed by atoms with Crippen LogP contribution in [0.1, 0.15) is 12.5 Å². The molecule has 116 valence electrons. The van der Waals surface area contributed by atoms with E-state index in [2.05, 4.69) is 22.1 Å². The standard InChI is InChI=1S/C17H21N3O2/c1-2-6-17(22)20-11-9-19(10-12-20)14-16(21)18-13-15-7-4-3-5-8-15/h3-5,7-8H,9-14H2,1H3,(H,18,21). The molecule has 0 bridgehead atoms. The summed E-state index contributed by atoms with van der Waals surface area (Å²) in [5.41, 5.74) is 1.09. The van der Waals surface area contributed by atoms with Crippen molar-refractivity contribution in [3.63, 3.8) is 0 Å². The van der Waals surface area contributed by atoms with Crippen LogP contribution < -0.4 is 5.32 Å². The number of amides is 2. The second kappa shape index (κ2) is 8.20. The van der Waals surface area contributed by atoms with Gasteiger partial charge in [0.05, 0.1) is 6.54 Å². The van der Waals surface area contributed by atoms with Crippen molar-refractivity contribution in [3.05, 3.63) is 35.9 Å². The second-order valence-corrected chi connectivity index (χ2v) is 5.21. The van der Waals surface area contributed by atoms with Crippen molar-refractivity contribution < 1.29 is 9.59 Å². The molecule has 1 aliphatic heterocycles. The van der Waals surface area contributed by atoms with Crippen molar-refractivity contribution in [2.75, 3.05) is 32.7 Å². The molecule has 1 aromatic carbocycles. The molecule has 22 heavy (non-hydrogen) atoms. The van der Waals surface area contributed by atoms with Gasteiger partial charge >= 0.3 is 0 Å². The first-order valence-electron chi connectivity index (χ1n) is 7.43. The van der Waals surface area contributed by atoms with Gasteiger partial charge in [-0.25, -0.2) is 0 Å². The van der Waals surface area contributed by atoms with Crippen molar-refractivity contribution in [2.24, 2.45) is 0 Å². The van der Waals surface area contributed by atoms with Gasteiger partial charge in [-0.2, -0.15) is 0 Å². The van der Waals surface area contributed by atoms with Crippen LogP contribution in [0, 0.1) is 11.8 Å². The zero-order chi connectivity index (χ0) is 15.8. The van der Waals surface area contributed by atoms with Crippen LogP contribution in [0.4, 0.5) is 0 Å². The lowest BCUT2D eigenvalue weighted by Gasteiger charge is -2.33.